The summed E-state index contributed by atoms with van der Waals surface area (Å²) in [7, 11) is 0. The Balaban J connectivity index is -0.0000000631. The van der Waals surface area contributed by atoms with Gasteiger partial charge in [0, 0.05) is 6.08 Å². The molecule has 0 saturated carbocycles. The number of carbonyl (C=O) groups is 1. The Labute approximate surface area is 152 Å². The first-order chi connectivity index (χ1) is 10.7. The topological polar surface area (TPSA) is 118 Å². The molecule has 0 bridgehead atoms. The molecule has 0 unspecified atom stereocenters. The van der Waals surface area contributed by atoms with Gasteiger partial charge in [0.05, 0.1) is 6.61 Å². The van der Waals surface area contributed by atoms with Crippen molar-refractivity contribution in [3.63, 3.8) is 0 Å². The summed E-state index contributed by atoms with van der Waals surface area (Å²) in [6, 6.07) is 0. The van der Waals surface area contributed by atoms with Gasteiger partial charge >= 0.3 is 33.5 Å². The SMILES string of the molecule is C=CC(=O)O.C=C[C-]=O.C=C[C-]=O.CC(C)(C)CCOO.[O]=[Zr+2]. The minimum atomic E-state index is -0.981. The van der Waals surface area contributed by atoms with E-state index in [0.717, 1.165) is 24.6 Å². The molecule has 0 rings (SSSR count). The summed E-state index contributed by atoms with van der Waals surface area (Å²) >= 11 is 0.300. The number of carbonyl (C=O) groups excluding carboxylic acids is 2. The van der Waals surface area contributed by atoms with E-state index in [1.807, 2.05) is 0 Å². The number of hydrogen-bond donors (Lipinski definition) is 2. The van der Waals surface area contributed by atoms with Crippen LogP contribution in [0.25, 0.3) is 0 Å². The normalized spacial score (nSPS) is 7.57. The van der Waals surface area contributed by atoms with E-state index in [1.54, 1.807) is 0 Å². The third-order valence-electron chi connectivity index (χ3n) is 1.28. The standard InChI is InChI=1S/C6H14O2.C3H4O2.2C3H3O.O.Zr/c1-6(2,3)4-5-8-7;1-2-3(4)5;2*1-2-3-4;;/h7H,4-5H2,1-3H3;2H,1H2,(H,4,5);2*2H,1H2;;/q;;2*-1;;+2. The summed E-state index contributed by atoms with van der Waals surface area (Å²) in [4.78, 5) is 31.0. The van der Waals surface area contributed by atoms with E-state index in [-0.39, 0.29) is 5.41 Å². The van der Waals surface area contributed by atoms with Crippen LogP contribution in [0.15, 0.2) is 38.0 Å². The first-order valence-corrected chi connectivity index (χ1v) is 6.96. The van der Waals surface area contributed by atoms with Gasteiger partial charge in [-0.05, 0) is 24.4 Å². The second-order valence-electron chi connectivity index (χ2n) is 4.33. The molecule has 0 fully saturated rings. The Morgan fingerprint density at radius 2 is 1.39 bits per heavy atom. The predicted molar refractivity (Wildman–Crippen MR) is 83.0 cm³/mol. The van der Waals surface area contributed by atoms with Crippen LogP contribution in [-0.4, -0.2) is 35.5 Å². The van der Waals surface area contributed by atoms with Gasteiger partial charge in [0.15, 0.2) is 0 Å². The van der Waals surface area contributed by atoms with Gasteiger partial charge in [-0.2, -0.15) is 0 Å². The van der Waals surface area contributed by atoms with Gasteiger partial charge in [0.25, 0.3) is 0 Å². The van der Waals surface area contributed by atoms with Gasteiger partial charge in [-0.3, -0.25) is 5.26 Å². The molecule has 0 aromatic rings. The molecule has 0 atom stereocenters. The number of carboxylic acids is 1. The molecule has 0 aromatic heterocycles. The maximum absolute atomic E-state index is 9.25. The van der Waals surface area contributed by atoms with Crippen LogP contribution < -0.4 is 0 Å². The van der Waals surface area contributed by atoms with Gasteiger partial charge in [0.1, 0.15) is 0 Å². The van der Waals surface area contributed by atoms with Crippen LogP contribution in [0, 0.1) is 5.41 Å². The van der Waals surface area contributed by atoms with Crippen molar-refractivity contribution in [2.24, 2.45) is 5.41 Å². The van der Waals surface area contributed by atoms with Crippen LogP contribution >= 0.6 is 0 Å². The summed E-state index contributed by atoms with van der Waals surface area (Å²) < 4.78 is 8.34. The fraction of sp³-hybridized carbons (Fsp3) is 0.400. The average Bonchev–Trinajstić information content (AvgIpc) is 2.55. The third-order valence-corrected chi connectivity index (χ3v) is 1.28. The van der Waals surface area contributed by atoms with Crippen molar-refractivity contribution in [3.8, 4) is 0 Å². The molecule has 0 aliphatic rings. The zero-order chi connectivity index (χ0) is 19.7. The Hall–Kier alpha value is -1.37. The van der Waals surface area contributed by atoms with Crippen molar-refractivity contribution in [3.05, 3.63) is 38.0 Å². The number of aliphatic carboxylic acids is 1. The average molecular weight is 408 g/mol. The molecule has 0 aliphatic heterocycles. The Bertz CT molecular complexity index is 285. The first-order valence-electron chi connectivity index (χ1n) is 5.96. The van der Waals surface area contributed by atoms with Crippen LogP contribution in [0.2, 0.25) is 0 Å². The number of carboxylic acid groups (broad SMARTS) is 1. The zero-order valence-corrected chi connectivity index (χ0v) is 16.2. The van der Waals surface area contributed by atoms with E-state index in [9.17, 15) is 4.79 Å². The van der Waals surface area contributed by atoms with E-state index < -0.39 is 5.97 Å². The summed E-state index contributed by atoms with van der Waals surface area (Å²) in [5.41, 5.74) is 0.267. The summed E-state index contributed by atoms with van der Waals surface area (Å²) in [5, 5.41) is 15.5. The predicted octanol–water partition coefficient (Wildman–Crippen LogP) is 2.61. The monoisotopic (exact) mass is 406 g/mol. The zero-order valence-electron chi connectivity index (χ0n) is 13.7. The second-order valence-corrected chi connectivity index (χ2v) is 4.33. The fourth-order valence-corrected chi connectivity index (χ4v) is 0.352. The van der Waals surface area contributed by atoms with Gasteiger partial charge in [-0.1, -0.05) is 27.4 Å². The fourth-order valence-electron chi connectivity index (χ4n) is 0.352. The first kappa shape index (κ1) is 33.3. The van der Waals surface area contributed by atoms with Crippen LogP contribution in [0.1, 0.15) is 27.2 Å². The number of hydrogen-bond acceptors (Lipinski definition) is 6. The molecule has 0 heterocycles. The molecular formula is C15H24O7Zr. The molecule has 2 N–H and O–H groups in total. The van der Waals surface area contributed by atoms with E-state index in [0.29, 0.717) is 31.3 Å². The summed E-state index contributed by atoms with van der Waals surface area (Å²) in [5.74, 6) is -0.981. The molecule has 23 heavy (non-hydrogen) atoms. The minimum absolute atomic E-state index is 0.267. The van der Waals surface area contributed by atoms with Gasteiger partial charge in [-0.15, -0.1) is 0 Å². The van der Waals surface area contributed by atoms with Crippen LogP contribution in [0.4, 0.5) is 0 Å². The van der Waals surface area contributed by atoms with Crippen molar-refractivity contribution in [2.75, 3.05) is 6.61 Å². The Kier molecular flexibility index (Phi) is 47.1. The molecule has 0 saturated heterocycles. The maximum atomic E-state index is 9.25. The molecular weight excluding hydrogens is 383 g/mol. The number of allylic oxidation sites excluding steroid dienone is 2. The van der Waals surface area contributed by atoms with Gasteiger partial charge < -0.3 is 14.7 Å². The molecule has 0 aromatic carbocycles. The second kappa shape index (κ2) is 32.5. The van der Waals surface area contributed by atoms with Crippen LogP contribution in [0.3, 0.4) is 0 Å². The molecule has 130 valence electrons. The summed E-state index contributed by atoms with van der Waals surface area (Å²) in [6.07, 6.45) is 6.75. The third kappa shape index (κ3) is 123. The van der Waals surface area contributed by atoms with E-state index >= 15 is 0 Å². The quantitative estimate of drug-likeness (QED) is 0.311. The van der Waals surface area contributed by atoms with Crippen molar-refractivity contribution < 1.29 is 57.2 Å². The van der Waals surface area contributed by atoms with E-state index in [2.05, 4.69) is 45.4 Å². The molecule has 0 aliphatic carbocycles. The Morgan fingerprint density at radius 3 is 1.43 bits per heavy atom. The van der Waals surface area contributed by atoms with Crippen LogP contribution in [0.5, 0.6) is 0 Å². The molecule has 0 amide bonds. The van der Waals surface area contributed by atoms with E-state index in [4.69, 9.17) is 22.8 Å². The molecule has 7 nitrogen and oxygen atoms in total. The molecule has 8 heteroatoms. The number of rotatable bonds is 5. The van der Waals surface area contributed by atoms with Crippen molar-refractivity contribution >= 4 is 18.5 Å². The van der Waals surface area contributed by atoms with Crippen molar-refractivity contribution in [1.82, 2.24) is 0 Å². The van der Waals surface area contributed by atoms with Crippen LogP contribution in [-0.2, 0) is 46.8 Å². The Morgan fingerprint density at radius 1 is 1.13 bits per heavy atom. The molecule has 0 spiro atoms. The van der Waals surface area contributed by atoms with Gasteiger partial charge in [-0.25, -0.2) is 35.0 Å². The molecule has 0 radical (unpaired) electrons. The van der Waals surface area contributed by atoms with Crippen molar-refractivity contribution in [1.29, 1.82) is 0 Å². The van der Waals surface area contributed by atoms with E-state index in [1.165, 1.54) is 12.6 Å². The summed E-state index contributed by atoms with van der Waals surface area (Å²) in [6.45, 7) is 15.8. The van der Waals surface area contributed by atoms with Crippen molar-refractivity contribution in [2.45, 2.75) is 27.2 Å². The van der Waals surface area contributed by atoms with Gasteiger partial charge in [0.2, 0.25) is 0 Å².